The number of nitrogens with zero attached hydrogens (tertiary/aromatic N) is 3. The van der Waals surface area contributed by atoms with E-state index < -0.39 is 11.7 Å². The van der Waals surface area contributed by atoms with E-state index >= 15 is 0 Å². The van der Waals surface area contributed by atoms with Gasteiger partial charge < -0.3 is 15.0 Å². The number of halogens is 4. The molecule has 2 aliphatic rings. The van der Waals surface area contributed by atoms with E-state index in [4.69, 9.17) is 16.3 Å². The summed E-state index contributed by atoms with van der Waals surface area (Å²) in [5.74, 6) is -0.0710. The largest absolute Gasteiger partial charge is 0.474 e. The van der Waals surface area contributed by atoms with Crippen LogP contribution in [0.2, 0.25) is 5.02 Å². The van der Waals surface area contributed by atoms with Crippen molar-refractivity contribution >= 4 is 29.2 Å². The molecule has 1 aromatic carbocycles. The number of benzene rings is 1. The molecular weight excluding hydrogens is 473 g/mol. The third-order valence-corrected chi connectivity index (χ3v) is 6.21. The van der Waals surface area contributed by atoms with Crippen LogP contribution < -0.4 is 15.0 Å². The maximum absolute atomic E-state index is 12.7. The highest BCUT2D eigenvalue weighted by Crippen LogP contribution is 2.30. The summed E-state index contributed by atoms with van der Waals surface area (Å²) in [6, 6.07) is 8.87. The Morgan fingerprint density at radius 2 is 1.79 bits per heavy atom. The lowest BCUT2D eigenvalue weighted by Crippen LogP contribution is -2.45. The van der Waals surface area contributed by atoms with Crippen molar-refractivity contribution in [3.63, 3.8) is 0 Å². The molecule has 7 nitrogen and oxygen atoms in total. The number of nitrogens with one attached hydrogen (secondary N) is 1. The van der Waals surface area contributed by atoms with Gasteiger partial charge in [-0.3, -0.25) is 9.69 Å². The number of carbonyl (C=O) groups excluding carboxylic acids is 2. The molecule has 1 saturated carbocycles. The van der Waals surface area contributed by atoms with Gasteiger partial charge in [0.2, 0.25) is 11.8 Å². The fourth-order valence-corrected chi connectivity index (χ4v) is 4.28. The van der Waals surface area contributed by atoms with Crippen LogP contribution >= 0.6 is 11.6 Å². The lowest BCUT2D eigenvalue weighted by atomic mass is 9.93. The third-order valence-electron chi connectivity index (χ3n) is 5.96. The second-order valence-electron chi connectivity index (χ2n) is 8.37. The second-order valence-corrected chi connectivity index (χ2v) is 8.81. The van der Waals surface area contributed by atoms with Gasteiger partial charge in [0.05, 0.1) is 5.56 Å². The second kappa shape index (κ2) is 10.1. The quantitative estimate of drug-likeness (QED) is 0.639. The van der Waals surface area contributed by atoms with Gasteiger partial charge in [-0.1, -0.05) is 11.6 Å². The molecule has 1 aliphatic carbocycles. The number of urea groups is 1. The Morgan fingerprint density at radius 3 is 2.41 bits per heavy atom. The zero-order valence-electron chi connectivity index (χ0n) is 18.2. The van der Waals surface area contributed by atoms with Gasteiger partial charge in [0.1, 0.15) is 12.6 Å². The van der Waals surface area contributed by atoms with Crippen LogP contribution in [0.25, 0.3) is 0 Å². The normalized spacial score (nSPS) is 21.0. The Balaban J connectivity index is 1.20. The van der Waals surface area contributed by atoms with Gasteiger partial charge in [-0.05, 0) is 56.0 Å². The first kappa shape index (κ1) is 24.1. The van der Waals surface area contributed by atoms with Gasteiger partial charge in [-0.2, -0.15) is 13.2 Å². The van der Waals surface area contributed by atoms with Crippen LogP contribution in [-0.4, -0.2) is 53.6 Å². The number of anilines is 1. The number of carbonyl (C=O) groups is 2. The highest BCUT2D eigenvalue weighted by Gasteiger charge is 2.33. The molecule has 2 heterocycles. The molecule has 0 atom stereocenters. The topological polar surface area (TPSA) is 74.8 Å². The van der Waals surface area contributed by atoms with Gasteiger partial charge in [0, 0.05) is 42.1 Å². The number of ether oxygens (including phenoxy) is 1. The van der Waals surface area contributed by atoms with Crippen molar-refractivity contribution in [2.75, 3.05) is 24.5 Å². The van der Waals surface area contributed by atoms with E-state index in [2.05, 4.69) is 10.3 Å². The van der Waals surface area contributed by atoms with E-state index in [1.807, 2.05) is 0 Å². The molecule has 34 heavy (non-hydrogen) atoms. The van der Waals surface area contributed by atoms with E-state index in [1.165, 1.54) is 11.0 Å². The number of amides is 3. The minimum Gasteiger partial charge on any atom is -0.474 e. The first-order chi connectivity index (χ1) is 16.2. The van der Waals surface area contributed by atoms with Gasteiger partial charge in [0.25, 0.3) is 0 Å². The molecule has 182 valence electrons. The first-order valence-electron chi connectivity index (χ1n) is 11.0. The predicted molar refractivity (Wildman–Crippen MR) is 120 cm³/mol. The van der Waals surface area contributed by atoms with Crippen LogP contribution in [0.1, 0.15) is 31.2 Å². The van der Waals surface area contributed by atoms with Crippen molar-refractivity contribution in [1.82, 2.24) is 15.2 Å². The molecule has 2 fully saturated rings. The van der Waals surface area contributed by atoms with E-state index in [0.29, 0.717) is 43.8 Å². The fraction of sp³-hybridized carbons (Fsp3) is 0.435. The zero-order chi connectivity index (χ0) is 24.3. The molecule has 2 aromatic rings. The minimum absolute atomic E-state index is 0.0190. The van der Waals surface area contributed by atoms with E-state index in [1.54, 1.807) is 29.2 Å². The Bertz CT molecular complexity index is 1010. The van der Waals surface area contributed by atoms with Crippen molar-refractivity contribution in [2.24, 2.45) is 0 Å². The average molecular weight is 497 g/mol. The van der Waals surface area contributed by atoms with E-state index in [-0.39, 0.29) is 36.5 Å². The molecule has 11 heteroatoms. The highest BCUT2D eigenvalue weighted by atomic mass is 35.5. The standard InChI is InChI=1S/C23H24ClF3N4O3/c24-16-2-6-18(7-3-16)31-12-11-30(22(31)33)14-20(32)29-17-4-8-19(9-5-17)34-21-10-1-15(13-28-21)23(25,26)27/h1-3,6-7,10,13,17,19H,4-5,8-9,11-12,14H2,(H,29,32). The van der Waals surface area contributed by atoms with Crippen molar-refractivity contribution < 1.29 is 27.5 Å². The summed E-state index contributed by atoms with van der Waals surface area (Å²) in [5.41, 5.74) is -0.0859. The molecule has 0 spiro atoms. The molecule has 3 amide bonds. The van der Waals surface area contributed by atoms with Crippen LogP contribution in [-0.2, 0) is 11.0 Å². The van der Waals surface area contributed by atoms with Gasteiger partial charge >= 0.3 is 12.2 Å². The summed E-state index contributed by atoms with van der Waals surface area (Å²) < 4.78 is 43.6. The molecule has 1 aliphatic heterocycles. The van der Waals surface area contributed by atoms with E-state index in [9.17, 15) is 22.8 Å². The van der Waals surface area contributed by atoms with Gasteiger partial charge in [0.15, 0.2) is 0 Å². The number of hydrogen-bond acceptors (Lipinski definition) is 4. The van der Waals surface area contributed by atoms with Crippen LogP contribution in [0.5, 0.6) is 5.88 Å². The van der Waals surface area contributed by atoms with Crippen LogP contribution in [0.4, 0.5) is 23.7 Å². The Hall–Kier alpha value is -3.01. The van der Waals surface area contributed by atoms with Crippen LogP contribution in [0.15, 0.2) is 42.6 Å². The average Bonchev–Trinajstić information content (AvgIpc) is 3.15. The molecular formula is C23H24ClF3N4O3. The van der Waals surface area contributed by atoms with Crippen molar-refractivity contribution in [2.45, 2.75) is 44.0 Å². The summed E-state index contributed by atoms with van der Waals surface area (Å²) in [5, 5.41) is 3.56. The monoisotopic (exact) mass is 496 g/mol. The predicted octanol–water partition coefficient (Wildman–Crippen LogP) is 4.50. The molecule has 0 radical (unpaired) electrons. The fourth-order valence-electron chi connectivity index (χ4n) is 4.15. The summed E-state index contributed by atoms with van der Waals surface area (Å²) in [4.78, 5) is 32.0. The molecule has 0 bridgehead atoms. The third kappa shape index (κ3) is 5.91. The highest BCUT2D eigenvalue weighted by molar-refractivity contribution is 6.30. The number of hydrogen-bond donors (Lipinski definition) is 1. The zero-order valence-corrected chi connectivity index (χ0v) is 19.0. The lowest BCUT2D eigenvalue weighted by molar-refractivity contribution is -0.137. The van der Waals surface area contributed by atoms with Crippen molar-refractivity contribution in [3.05, 3.63) is 53.2 Å². The van der Waals surface area contributed by atoms with Crippen LogP contribution in [0.3, 0.4) is 0 Å². The smallest absolute Gasteiger partial charge is 0.417 e. The SMILES string of the molecule is O=C(CN1CCN(c2ccc(Cl)cc2)C1=O)NC1CCC(Oc2ccc(C(F)(F)F)cn2)CC1. The summed E-state index contributed by atoms with van der Waals surface area (Å²) >= 11 is 5.90. The lowest BCUT2D eigenvalue weighted by Gasteiger charge is -2.29. The maximum atomic E-state index is 12.7. The summed E-state index contributed by atoms with van der Waals surface area (Å²) in [6.07, 6.45) is -1.24. The first-order valence-corrected chi connectivity index (χ1v) is 11.4. The van der Waals surface area contributed by atoms with Gasteiger partial charge in [-0.25, -0.2) is 9.78 Å². The summed E-state index contributed by atoms with van der Waals surface area (Å²) in [6.45, 7) is 0.929. The summed E-state index contributed by atoms with van der Waals surface area (Å²) in [7, 11) is 0. The minimum atomic E-state index is -4.43. The Labute approximate surface area is 199 Å². The number of alkyl halides is 3. The Kier molecular flexibility index (Phi) is 7.16. The molecule has 1 N–H and O–H groups in total. The molecule has 1 aromatic heterocycles. The van der Waals surface area contributed by atoms with Gasteiger partial charge in [-0.15, -0.1) is 0 Å². The number of pyridine rings is 1. The molecule has 4 rings (SSSR count). The maximum Gasteiger partial charge on any atom is 0.417 e. The van der Waals surface area contributed by atoms with E-state index in [0.717, 1.165) is 18.0 Å². The molecule has 1 saturated heterocycles. The molecule has 0 unspecified atom stereocenters. The Morgan fingerprint density at radius 1 is 1.09 bits per heavy atom. The number of aromatic nitrogens is 1. The van der Waals surface area contributed by atoms with Crippen molar-refractivity contribution in [3.8, 4) is 5.88 Å². The van der Waals surface area contributed by atoms with Crippen LogP contribution in [0, 0.1) is 0 Å². The van der Waals surface area contributed by atoms with Crippen molar-refractivity contribution in [1.29, 1.82) is 0 Å². The number of rotatable bonds is 6.